The molecular weight excluding hydrogens is 318 g/mol. The van der Waals surface area contributed by atoms with E-state index in [0.717, 1.165) is 17.5 Å². The summed E-state index contributed by atoms with van der Waals surface area (Å²) in [6.45, 7) is 7.38. The van der Waals surface area contributed by atoms with Gasteiger partial charge in [0.2, 0.25) is 0 Å². The lowest BCUT2D eigenvalue weighted by Gasteiger charge is -2.24. The second-order valence-corrected chi connectivity index (χ2v) is 7.68. The maximum absolute atomic E-state index is 12.9. The van der Waals surface area contributed by atoms with E-state index in [1.807, 2.05) is 32.9 Å². The summed E-state index contributed by atoms with van der Waals surface area (Å²) in [6, 6.07) is 3.71. The minimum atomic E-state index is -0.440. The van der Waals surface area contributed by atoms with Gasteiger partial charge in [0.15, 0.2) is 5.78 Å². The van der Waals surface area contributed by atoms with Crippen molar-refractivity contribution < 1.29 is 19.1 Å². The highest BCUT2D eigenvalue weighted by atomic mass is 16.5. The van der Waals surface area contributed by atoms with Gasteiger partial charge < -0.3 is 19.6 Å². The second-order valence-electron chi connectivity index (χ2n) is 7.68. The fourth-order valence-corrected chi connectivity index (χ4v) is 3.23. The first kappa shape index (κ1) is 19.2. The highest BCUT2D eigenvalue weighted by Crippen LogP contribution is 2.40. The summed E-state index contributed by atoms with van der Waals surface area (Å²) in [5.41, 5.74) is 1.89. The zero-order valence-corrected chi connectivity index (χ0v) is 15.6. The highest BCUT2D eigenvalue weighted by molar-refractivity contribution is 6.05. The van der Waals surface area contributed by atoms with Crippen LogP contribution in [0.15, 0.2) is 12.1 Å². The molecular formula is C20H27NO4. The van der Waals surface area contributed by atoms with E-state index in [9.17, 15) is 14.4 Å². The summed E-state index contributed by atoms with van der Waals surface area (Å²) >= 11 is 0. The number of rotatable bonds is 7. The third-order valence-electron chi connectivity index (χ3n) is 4.46. The summed E-state index contributed by atoms with van der Waals surface area (Å²) < 4.78 is 6.06. The predicted octanol–water partition coefficient (Wildman–Crippen LogP) is 3.44. The van der Waals surface area contributed by atoms with Crippen LogP contribution in [0.2, 0.25) is 0 Å². The molecule has 1 aliphatic carbocycles. The molecule has 0 spiro atoms. The number of anilines is 1. The minimum Gasteiger partial charge on any atom is -0.488 e. The Hall–Kier alpha value is -2.17. The van der Waals surface area contributed by atoms with Gasteiger partial charge in [-0.15, -0.1) is 0 Å². The van der Waals surface area contributed by atoms with Crippen LogP contribution in [-0.4, -0.2) is 30.5 Å². The molecule has 0 heterocycles. The molecule has 25 heavy (non-hydrogen) atoms. The van der Waals surface area contributed by atoms with Crippen molar-refractivity contribution in [1.82, 2.24) is 0 Å². The maximum atomic E-state index is 12.9. The van der Waals surface area contributed by atoms with E-state index in [4.69, 9.17) is 4.74 Å². The fourth-order valence-electron chi connectivity index (χ4n) is 3.23. The summed E-state index contributed by atoms with van der Waals surface area (Å²) in [7, 11) is 1.79. The zero-order chi connectivity index (χ0) is 18.8. The first-order valence-corrected chi connectivity index (χ1v) is 8.69. The number of aldehydes is 1. The van der Waals surface area contributed by atoms with Gasteiger partial charge in [-0.3, -0.25) is 4.79 Å². The van der Waals surface area contributed by atoms with E-state index < -0.39 is 11.8 Å². The zero-order valence-electron chi connectivity index (χ0n) is 15.6. The highest BCUT2D eigenvalue weighted by Gasteiger charge is 2.38. The Morgan fingerprint density at radius 2 is 2.08 bits per heavy atom. The van der Waals surface area contributed by atoms with E-state index in [-0.39, 0.29) is 17.2 Å². The van der Waals surface area contributed by atoms with Gasteiger partial charge in [0.25, 0.3) is 0 Å². The minimum absolute atomic E-state index is 0.0315. The van der Waals surface area contributed by atoms with Crippen LogP contribution in [0.25, 0.3) is 0 Å². The number of Topliss-reactive ketones (excluding diaryl/α,β-unsaturated/α-hetero) is 2. The topological polar surface area (TPSA) is 72.5 Å². The fraction of sp³-hybridized carbons (Fsp3) is 0.550. The van der Waals surface area contributed by atoms with Crippen molar-refractivity contribution in [3.8, 4) is 5.75 Å². The van der Waals surface area contributed by atoms with Gasteiger partial charge >= 0.3 is 0 Å². The van der Waals surface area contributed by atoms with E-state index in [0.29, 0.717) is 30.6 Å². The van der Waals surface area contributed by atoms with E-state index in [1.165, 1.54) is 6.92 Å². The molecule has 0 saturated carbocycles. The van der Waals surface area contributed by atoms with Crippen LogP contribution in [0.5, 0.6) is 5.75 Å². The van der Waals surface area contributed by atoms with Gasteiger partial charge in [-0.1, -0.05) is 0 Å². The van der Waals surface area contributed by atoms with Crippen LogP contribution in [-0.2, 0) is 16.0 Å². The first-order valence-electron chi connectivity index (χ1n) is 8.69. The molecule has 1 aliphatic rings. The molecule has 0 amide bonds. The van der Waals surface area contributed by atoms with E-state index >= 15 is 0 Å². The molecule has 1 N–H and O–H groups in total. The Morgan fingerprint density at radius 3 is 2.60 bits per heavy atom. The lowest BCUT2D eigenvalue weighted by atomic mass is 9.86. The SMILES string of the molecule is CNc1cc(OC(C)(C)C)c2c(c1)C(=O)C(C(C=O)CCC(C)=O)C2. The van der Waals surface area contributed by atoms with Gasteiger partial charge in [-0.05, 0) is 46.6 Å². The molecule has 1 aromatic carbocycles. The summed E-state index contributed by atoms with van der Waals surface area (Å²) in [4.78, 5) is 35.7. The number of carbonyl (C=O) groups is 3. The van der Waals surface area contributed by atoms with Crippen molar-refractivity contribution in [2.45, 2.75) is 52.6 Å². The monoisotopic (exact) mass is 345 g/mol. The van der Waals surface area contributed by atoms with E-state index in [1.54, 1.807) is 7.05 Å². The van der Waals surface area contributed by atoms with Gasteiger partial charge in [0.1, 0.15) is 23.4 Å². The predicted molar refractivity (Wildman–Crippen MR) is 97.4 cm³/mol. The number of nitrogens with one attached hydrogen (secondary N) is 1. The standard InChI is InChI=1S/C20H27NO4/c1-12(23)6-7-13(11-22)15-10-16-17(19(15)24)8-14(21-5)9-18(16)25-20(2,3)4/h8-9,11,13,15,21H,6-7,10H2,1-5H3. The Kier molecular flexibility index (Phi) is 5.65. The van der Waals surface area contributed by atoms with Gasteiger partial charge in [-0.25, -0.2) is 0 Å². The molecule has 5 heteroatoms. The molecule has 0 saturated heterocycles. The third kappa shape index (κ3) is 4.47. The van der Waals surface area contributed by atoms with Gasteiger partial charge in [0.05, 0.1) is 0 Å². The van der Waals surface area contributed by atoms with Crippen LogP contribution < -0.4 is 10.1 Å². The molecule has 0 fully saturated rings. The summed E-state index contributed by atoms with van der Waals surface area (Å²) in [6.07, 6.45) is 2.03. The third-order valence-corrected chi connectivity index (χ3v) is 4.46. The summed E-state index contributed by atoms with van der Waals surface area (Å²) in [5.74, 6) is -0.178. The maximum Gasteiger partial charge on any atom is 0.167 e. The average Bonchev–Trinajstić information content (AvgIpc) is 2.84. The van der Waals surface area contributed by atoms with Crippen LogP contribution >= 0.6 is 0 Å². The average molecular weight is 345 g/mol. The normalized spacial score (nSPS) is 17.8. The number of fused-ring (bicyclic) bond motifs is 1. The quantitative estimate of drug-likeness (QED) is 0.766. The lowest BCUT2D eigenvalue weighted by Crippen LogP contribution is -2.24. The van der Waals surface area contributed by atoms with Crippen molar-refractivity contribution in [3.05, 3.63) is 23.3 Å². The van der Waals surface area contributed by atoms with Crippen molar-refractivity contribution in [1.29, 1.82) is 0 Å². The number of hydrogen-bond donors (Lipinski definition) is 1. The molecule has 0 bridgehead atoms. The van der Waals surface area contributed by atoms with Gasteiger partial charge in [-0.2, -0.15) is 0 Å². The molecule has 2 rings (SSSR count). The van der Waals surface area contributed by atoms with Crippen molar-refractivity contribution in [2.24, 2.45) is 11.8 Å². The Bertz CT molecular complexity index is 688. The molecule has 1 aromatic rings. The Labute approximate surface area is 149 Å². The van der Waals surface area contributed by atoms with Crippen molar-refractivity contribution >= 4 is 23.5 Å². The molecule has 0 radical (unpaired) electrons. The number of hydrogen-bond acceptors (Lipinski definition) is 5. The van der Waals surface area contributed by atoms with E-state index in [2.05, 4.69) is 5.32 Å². The van der Waals surface area contributed by atoms with Crippen LogP contribution in [0.4, 0.5) is 5.69 Å². The first-order chi connectivity index (χ1) is 11.7. The number of benzene rings is 1. The smallest absolute Gasteiger partial charge is 0.167 e. The van der Waals surface area contributed by atoms with Crippen molar-refractivity contribution in [3.63, 3.8) is 0 Å². The second kappa shape index (κ2) is 7.38. The lowest BCUT2D eigenvalue weighted by molar-refractivity contribution is -0.117. The molecule has 136 valence electrons. The molecule has 0 aliphatic heterocycles. The molecule has 0 aromatic heterocycles. The number of ketones is 2. The Morgan fingerprint density at radius 1 is 1.40 bits per heavy atom. The van der Waals surface area contributed by atoms with Crippen LogP contribution in [0, 0.1) is 11.8 Å². The number of ether oxygens (including phenoxy) is 1. The van der Waals surface area contributed by atoms with Crippen LogP contribution in [0.3, 0.4) is 0 Å². The largest absolute Gasteiger partial charge is 0.488 e. The summed E-state index contributed by atoms with van der Waals surface area (Å²) in [5, 5.41) is 3.06. The molecule has 2 unspecified atom stereocenters. The van der Waals surface area contributed by atoms with Gasteiger partial charge in [0, 0.05) is 48.2 Å². The number of carbonyl (C=O) groups excluding carboxylic acids is 3. The molecule has 2 atom stereocenters. The van der Waals surface area contributed by atoms with Crippen LogP contribution in [0.1, 0.15) is 56.5 Å². The van der Waals surface area contributed by atoms with Crippen molar-refractivity contribution in [2.75, 3.05) is 12.4 Å². The Balaban J connectivity index is 2.36. The molecule has 5 nitrogen and oxygen atoms in total.